The smallest absolute Gasteiger partial charge is 0.0935 e. The van der Waals surface area contributed by atoms with Gasteiger partial charge in [0.1, 0.15) is 0 Å². The van der Waals surface area contributed by atoms with Crippen molar-refractivity contribution in [3.63, 3.8) is 0 Å². The number of unbranched alkanes of at least 4 members (excludes halogenated alkanes) is 1. The fraction of sp³-hybridized carbons (Fsp3) is 1.00. The van der Waals surface area contributed by atoms with Crippen LogP contribution in [0.15, 0.2) is 0 Å². The van der Waals surface area contributed by atoms with Gasteiger partial charge in [0.05, 0.1) is 16.3 Å². The zero-order chi connectivity index (χ0) is 9.40. The van der Waals surface area contributed by atoms with E-state index in [2.05, 4.69) is 50.9 Å². The fourth-order valence-corrected chi connectivity index (χ4v) is 2.85. The first-order chi connectivity index (χ1) is 5.74. The Morgan fingerprint density at radius 2 is 2.00 bits per heavy atom. The highest BCUT2D eigenvalue weighted by atomic mass is 127. The molecule has 0 unspecified atom stereocenters. The molecule has 0 spiro atoms. The van der Waals surface area contributed by atoms with Crippen LogP contribution in [0, 0.1) is 0 Å². The summed E-state index contributed by atoms with van der Waals surface area (Å²) in [6.45, 7) is 10.5. The average Bonchev–Trinajstić information content (AvgIpc) is 2.11. The highest BCUT2D eigenvalue weighted by Gasteiger charge is 2.04. The first-order valence-corrected chi connectivity index (χ1v) is 7.88. The molecule has 0 saturated heterocycles. The van der Waals surface area contributed by atoms with Gasteiger partial charge in [-0.25, -0.2) is 3.11 Å². The lowest BCUT2D eigenvalue weighted by molar-refractivity contribution is 0.333. The van der Waals surface area contributed by atoms with Crippen molar-refractivity contribution in [1.29, 1.82) is 0 Å². The van der Waals surface area contributed by atoms with Gasteiger partial charge in [-0.1, -0.05) is 26.8 Å². The summed E-state index contributed by atoms with van der Waals surface area (Å²) < 4.78 is 4.98. The standard InChI is InChI=1S/C8H21IN2Si/c1-4-6-7-11(12-3)8-10(9)5-2/h4-8,12H2,1-3H3. The van der Waals surface area contributed by atoms with Crippen LogP contribution in [0.5, 0.6) is 0 Å². The molecule has 0 radical (unpaired) electrons. The summed E-state index contributed by atoms with van der Waals surface area (Å²) in [5.74, 6) is 0. The topological polar surface area (TPSA) is 6.48 Å². The molecule has 0 fully saturated rings. The molecule has 2 nitrogen and oxygen atoms in total. The lowest BCUT2D eigenvalue weighted by Crippen LogP contribution is -2.35. The van der Waals surface area contributed by atoms with Gasteiger partial charge in [-0.3, -0.25) is 0 Å². The van der Waals surface area contributed by atoms with E-state index in [0.29, 0.717) is 0 Å². The maximum atomic E-state index is 2.62. The molecule has 0 aliphatic rings. The molecule has 0 aliphatic heterocycles. The van der Waals surface area contributed by atoms with E-state index in [1.807, 2.05) is 0 Å². The number of nitrogens with zero attached hydrogens (tertiary/aromatic N) is 2. The van der Waals surface area contributed by atoms with E-state index in [4.69, 9.17) is 0 Å². The Morgan fingerprint density at radius 1 is 1.33 bits per heavy atom. The molecule has 0 aromatic heterocycles. The van der Waals surface area contributed by atoms with Crippen LogP contribution in [0.2, 0.25) is 6.55 Å². The molecular formula is C8H21IN2Si. The van der Waals surface area contributed by atoms with Crippen LogP contribution in [-0.4, -0.2) is 37.1 Å². The zero-order valence-electron chi connectivity index (χ0n) is 8.52. The summed E-state index contributed by atoms with van der Waals surface area (Å²) in [7, 11) is 0.0424. The minimum atomic E-state index is 0.0424. The second-order valence-electron chi connectivity index (χ2n) is 2.98. The zero-order valence-corrected chi connectivity index (χ0v) is 12.1. The highest BCUT2D eigenvalue weighted by molar-refractivity contribution is 14.1. The van der Waals surface area contributed by atoms with Crippen molar-refractivity contribution in [1.82, 2.24) is 7.68 Å². The first-order valence-electron chi connectivity index (χ1n) is 4.87. The summed E-state index contributed by atoms with van der Waals surface area (Å²) >= 11 is 2.41. The third-order valence-corrected chi connectivity index (χ3v) is 4.37. The minimum Gasteiger partial charge on any atom is -0.317 e. The third-order valence-electron chi connectivity index (χ3n) is 1.97. The van der Waals surface area contributed by atoms with Crippen LogP contribution < -0.4 is 0 Å². The maximum Gasteiger partial charge on any atom is 0.0935 e. The van der Waals surface area contributed by atoms with Gasteiger partial charge < -0.3 is 4.57 Å². The van der Waals surface area contributed by atoms with Gasteiger partial charge in [0, 0.05) is 29.4 Å². The lowest BCUT2D eigenvalue weighted by atomic mass is 10.3. The van der Waals surface area contributed by atoms with E-state index in [1.165, 1.54) is 26.1 Å². The van der Waals surface area contributed by atoms with E-state index in [-0.39, 0.29) is 9.68 Å². The van der Waals surface area contributed by atoms with Crippen molar-refractivity contribution in [3.8, 4) is 0 Å². The van der Waals surface area contributed by atoms with Gasteiger partial charge in [-0.05, 0) is 13.0 Å². The molecule has 4 heteroatoms. The second kappa shape index (κ2) is 8.46. The van der Waals surface area contributed by atoms with Crippen molar-refractivity contribution >= 4 is 32.5 Å². The summed E-state index contributed by atoms with van der Waals surface area (Å²) in [5.41, 5.74) is 0. The molecule has 0 saturated carbocycles. The first kappa shape index (κ1) is 12.9. The SMILES string of the molecule is CCCCN(CN(I)CC)[SiH2]C. The van der Waals surface area contributed by atoms with Crippen molar-refractivity contribution in [2.75, 3.05) is 19.8 Å². The molecule has 74 valence electrons. The Morgan fingerprint density at radius 3 is 2.42 bits per heavy atom. The molecule has 0 heterocycles. The molecule has 0 aliphatic carbocycles. The van der Waals surface area contributed by atoms with Crippen LogP contribution in [0.3, 0.4) is 0 Å². The average molecular weight is 300 g/mol. The second-order valence-corrected chi connectivity index (χ2v) is 5.88. The van der Waals surface area contributed by atoms with Crippen molar-refractivity contribution in [2.45, 2.75) is 33.2 Å². The summed E-state index contributed by atoms with van der Waals surface area (Å²) in [4.78, 5) is 0. The predicted molar refractivity (Wildman–Crippen MR) is 67.3 cm³/mol. The highest BCUT2D eigenvalue weighted by Crippen LogP contribution is 2.01. The van der Waals surface area contributed by atoms with E-state index in [1.54, 1.807) is 0 Å². The third kappa shape index (κ3) is 6.39. The molecule has 12 heavy (non-hydrogen) atoms. The van der Waals surface area contributed by atoms with Gasteiger partial charge in [-0.15, -0.1) is 0 Å². The Bertz CT molecular complexity index is 103. The molecular weight excluding hydrogens is 279 g/mol. The van der Waals surface area contributed by atoms with Gasteiger partial charge in [0.25, 0.3) is 0 Å². The van der Waals surface area contributed by atoms with Crippen LogP contribution in [0.25, 0.3) is 0 Å². The molecule has 0 aromatic carbocycles. The summed E-state index contributed by atoms with van der Waals surface area (Å²) in [5, 5.41) is 0. The molecule has 0 rings (SSSR count). The number of rotatable bonds is 7. The van der Waals surface area contributed by atoms with Gasteiger partial charge in [0.15, 0.2) is 0 Å². The van der Waals surface area contributed by atoms with E-state index in [9.17, 15) is 0 Å². The maximum absolute atomic E-state index is 2.62. The Labute approximate surface area is 93.1 Å². The number of hydrogen-bond acceptors (Lipinski definition) is 2. The quantitative estimate of drug-likeness (QED) is 0.306. The monoisotopic (exact) mass is 300 g/mol. The Balaban J connectivity index is 3.51. The van der Waals surface area contributed by atoms with Crippen LogP contribution >= 0.6 is 22.9 Å². The Kier molecular flexibility index (Phi) is 9.08. The van der Waals surface area contributed by atoms with Gasteiger partial charge in [-0.2, -0.15) is 0 Å². The Hall–Kier alpha value is 0.867. The van der Waals surface area contributed by atoms with Crippen molar-refractivity contribution in [2.24, 2.45) is 0 Å². The molecule has 0 bridgehead atoms. The van der Waals surface area contributed by atoms with E-state index >= 15 is 0 Å². The van der Waals surface area contributed by atoms with E-state index in [0.717, 1.165) is 6.54 Å². The molecule has 0 atom stereocenters. The van der Waals surface area contributed by atoms with Gasteiger partial charge in [0.2, 0.25) is 0 Å². The largest absolute Gasteiger partial charge is 0.317 e. The summed E-state index contributed by atoms with van der Waals surface area (Å²) in [6, 6.07) is 0. The minimum absolute atomic E-state index is 0.0424. The van der Waals surface area contributed by atoms with Gasteiger partial charge >= 0.3 is 0 Å². The molecule has 0 aromatic rings. The normalized spacial score (nSPS) is 12.5. The fourth-order valence-electron chi connectivity index (χ4n) is 1.03. The molecule has 0 N–H and O–H groups in total. The predicted octanol–water partition coefficient (Wildman–Crippen LogP) is 1.85. The van der Waals surface area contributed by atoms with Crippen molar-refractivity contribution in [3.05, 3.63) is 0 Å². The number of halogens is 1. The number of hydrogen-bond donors (Lipinski definition) is 0. The van der Waals surface area contributed by atoms with Crippen LogP contribution in [0.4, 0.5) is 0 Å². The van der Waals surface area contributed by atoms with E-state index < -0.39 is 0 Å². The lowest BCUT2D eigenvalue weighted by Gasteiger charge is -2.24. The van der Waals surface area contributed by atoms with Crippen LogP contribution in [-0.2, 0) is 0 Å². The molecule has 0 amide bonds. The van der Waals surface area contributed by atoms with Crippen LogP contribution in [0.1, 0.15) is 26.7 Å². The van der Waals surface area contributed by atoms with Crippen molar-refractivity contribution < 1.29 is 0 Å². The summed E-state index contributed by atoms with van der Waals surface area (Å²) in [6.07, 6.45) is 2.67.